The summed E-state index contributed by atoms with van der Waals surface area (Å²) in [5, 5.41) is 9.41. The molecule has 1 saturated heterocycles. The van der Waals surface area contributed by atoms with Gasteiger partial charge in [0.15, 0.2) is 11.0 Å². The highest BCUT2D eigenvalue weighted by atomic mass is 32.2. The number of ether oxygens (including phenoxy) is 1. The minimum Gasteiger partial charge on any atom is -0.375 e. The van der Waals surface area contributed by atoms with Crippen LogP contribution in [0, 0.1) is 0 Å². The van der Waals surface area contributed by atoms with E-state index in [-0.39, 0.29) is 12.0 Å². The van der Waals surface area contributed by atoms with Gasteiger partial charge in [-0.05, 0) is 31.2 Å². The maximum absolute atomic E-state index is 12.6. The molecule has 1 atom stereocenters. The zero-order valence-electron chi connectivity index (χ0n) is 15.6. The van der Waals surface area contributed by atoms with Gasteiger partial charge in [0, 0.05) is 36.7 Å². The first-order chi connectivity index (χ1) is 13.7. The molecule has 28 heavy (non-hydrogen) atoms. The van der Waals surface area contributed by atoms with E-state index in [1.54, 1.807) is 12.4 Å². The summed E-state index contributed by atoms with van der Waals surface area (Å²) >= 11 is 1.40. The van der Waals surface area contributed by atoms with Crippen LogP contribution in [-0.4, -0.2) is 62.1 Å². The van der Waals surface area contributed by atoms with Crippen LogP contribution in [-0.2, 0) is 9.53 Å². The monoisotopic (exact) mass is 395 g/mol. The fraction of sp³-hybridized carbons (Fsp3) is 0.300. The number of hydrogen-bond donors (Lipinski definition) is 0. The first kappa shape index (κ1) is 18.6. The Labute approximate surface area is 167 Å². The Morgan fingerprint density at radius 1 is 1.21 bits per heavy atom. The van der Waals surface area contributed by atoms with Crippen molar-refractivity contribution in [3.8, 4) is 17.1 Å². The predicted octanol–water partition coefficient (Wildman–Crippen LogP) is 2.67. The first-order valence-electron chi connectivity index (χ1n) is 9.16. The normalized spacial score (nSPS) is 16.9. The quantitative estimate of drug-likeness (QED) is 0.619. The third-order valence-corrected chi connectivity index (χ3v) is 5.40. The van der Waals surface area contributed by atoms with Gasteiger partial charge in [0.2, 0.25) is 5.91 Å². The highest BCUT2D eigenvalue weighted by Gasteiger charge is 2.23. The molecule has 0 aliphatic carbocycles. The molecule has 1 aromatic carbocycles. The van der Waals surface area contributed by atoms with E-state index in [1.807, 2.05) is 58.9 Å². The molecular weight excluding hydrogens is 374 g/mol. The SMILES string of the molecule is CC1CN(C(=O)CSc2nnc(-c3cccnc3)n2-c2ccccc2)CCO1. The van der Waals surface area contributed by atoms with Gasteiger partial charge in [-0.25, -0.2) is 0 Å². The molecule has 1 amide bonds. The van der Waals surface area contributed by atoms with Crippen LogP contribution in [0.2, 0.25) is 0 Å². The summed E-state index contributed by atoms with van der Waals surface area (Å²) in [6.45, 7) is 3.84. The lowest BCUT2D eigenvalue weighted by Gasteiger charge is -2.31. The molecule has 0 N–H and O–H groups in total. The summed E-state index contributed by atoms with van der Waals surface area (Å²) < 4.78 is 7.49. The Balaban J connectivity index is 1.59. The second kappa shape index (κ2) is 8.53. The fourth-order valence-corrected chi connectivity index (χ4v) is 3.97. The van der Waals surface area contributed by atoms with Crippen LogP contribution >= 0.6 is 11.8 Å². The minimum absolute atomic E-state index is 0.0767. The largest absolute Gasteiger partial charge is 0.375 e. The van der Waals surface area contributed by atoms with E-state index in [9.17, 15) is 4.79 Å². The zero-order chi connectivity index (χ0) is 19.3. The van der Waals surface area contributed by atoms with E-state index < -0.39 is 0 Å². The van der Waals surface area contributed by atoms with Crippen LogP contribution in [0.4, 0.5) is 0 Å². The van der Waals surface area contributed by atoms with Crippen molar-refractivity contribution in [1.82, 2.24) is 24.6 Å². The van der Waals surface area contributed by atoms with Gasteiger partial charge in [-0.1, -0.05) is 30.0 Å². The maximum atomic E-state index is 12.6. The second-order valence-corrected chi connectivity index (χ2v) is 7.47. The average molecular weight is 395 g/mol. The Morgan fingerprint density at radius 2 is 2.07 bits per heavy atom. The average Bonchev–Trinajstić information content (AvgIpc) is 3.17. The van der Waals surface area contributed by atoms with E-state index in [1.165, 1.54) is 11.8 Å². The number of pyridine rings is 1. The highest BCUT2D eigenvalue weighted by Crippen LogP contribution is 2.27. The molecule has 0 radical (unpaired) electrons. The van der Waals surface area contributed by atoms with E-state index in [0.717, 1.165) is 11.3 Å². The summed E-state index contributed by atoms with van der Waals surface area (Å²) in [7, 11) is 0. The summed E-state index contributed by atoms with van der Waals surface area (Å²) in [5.74, 6) is 1.10. The van der Waals surface area contributed by atoms with Gasteiger partial charge in [0.25, 0.3) is 0 Å². The Kier molecular flexibility index (Phi) is 5.68. The smallest absolute Gasteiger partial charge is 0.233 e. The van der Waals surface area contributed by atoms with Gasteiger partial charge in [0.1, 0.15) is 0 Å². The molecule has 144 valence electrons. The standard InChI is InChI=1S/C20H21N5O2S/c1-15-13-24(10-11-27-15)18(26)14-28-20-23-22-19(16-6-5-9-21-12-16)25(20)17-7-3-2-4-8-17/h2-9,12,15H,10-11,13-14H2,1H3. The van der Waals surface area contributed by atoms with Gasteiger partial charge in [-0.2, -0.15) is 0 Å². The van der Waals surface area contributed by atoms with Crippen LogP contribution in [0.25, 0.3) is 17.1 Å². The first-order valence-corrected chi connectivity index (χ1v) is 10.1. The number of aromatic nitrogens is 4. The van der Waals surface area contributed by atoms with Gasteiger partial charge >= 0.3 is 0 Å². The Morgan fingerprint density at radius 3 is 2.82 bits per heavy atom. The summed E-state index contributed by atoms with van der Waals surface area (Å²) in [4.78, 5) is 18.7. The molecule has 8 heteroatoms. The molecular formula is C20H21N5O2S. The highest BCUT2D eigenvalue weighted by molar-refractivity contribution is 7.99. The molecule has 1 fully saturated rings. The summed E-state index contributed by atoms with van der Waals surface area (Å²) in [6, 6.07) is 13.7. The Bertz CT molecular complexity index is 932. The number of hydrogen-bond acceptors (Lipinski definition) is 6. The topological polar surface area (TPSA) is 73.1 Å². The lowest BCUT2D eigenvalue weighted by molar-refractivity contribution is -0.135. The molecule has 3 aromatic rings. The Hall–Kier alpha value is -2.71. The van der Waals surface area contributed by atoms with Gasteiger partial charge in [-0.15, -0.1) is 10.2 Å². The van der Waals surface area contributed by atoms with E-state index in [0.29, 0.717) is 36.4 Å². The lowest BCUT2D eigenvalue weighted by atomic mass is 10.2. The zero-order valence-corrected chi connectivity index (χ0v) is 16.4. The third-order valence-electron chi connectivity index (χ3n) is 4.49. The molecule has 7 nitrogen and oxygen atoms in total. The number of para-hydroxylation sites is 1. The molecule has 4 rings (SSSR count). The molecule has 2 aromatic heterocycles. The third kappa shape index (κ3) is 4.07. The number of morpholine rings is 1. The summed E-state index contributed by atoms with van der Waals surface area (Å²) in [5.41, 5.74) is 1.82. The number of benzene rings is 1. The van der Waals surface area contributed by atoms with E-state index in [2.05, 4.69) is 15.2 Å². The van der Waals surface area contributed by atoms with Crippen LogP contribution < -0.4 is 0 Å². The number of rotatable bonds is 5. The van der Waals surface area contributed by atoms with Crippen molar-refractivity contribution >= 4 is 17.7 Å². The minimum atomic E-state index is 0.0767. The van der Waals surface area contributed by atoms with Gasteiger partial charge in [-0.3, -0.25) is 14.3 Å². The lowest BCUT2D eigenvalue weighted by Crippen LogP contribution is -2.45. The molecule has 0 bridgehead atoms. The molecule has 0 saturated carbocycles. The molecule has 1 aliphatic rings. The number of thioether (sulfide) groups is 1. The second-order valence-electron chi connectivity index (χ2n) is 6.53. The van der Waals surface area contributed by atoms with Crippen LogP contribution in [0.1, 0.15) is 6.92 Å². The van der Waals surface area contributed by atoms with Crippen molar-refractivity contribution in [2.75, 3.05) is 25.4 Å². The fourth-order valence-electron chi connectivity index (χ4n) is 3.12. The van der Waals surface area contributed by atoms with Crippen LogP contribution in [0.3, 0.4) is 0 Å². The maximum Gasteiger partial charge on any atom is 0.233 e. The van der Waals surface area contributed by atoms with E-state index in [4.69, 9.17) is 4.74 Å². The molecule has 0 spiro atoms. The van der Waals surface area contributed by atoms with E-state index >= 15 is 0 Å². The molecule has 1 unspecified atom stereocenters. The van der Waals surface area contributed by atoms with Gasteiger partial charge in [0.05, 0.1) is 18.5 Å². The van der Waals surface area contributed by atoms with Crippen molar-refractivity contribution in [3.63, 3.8) is 0 Å². The number of carbonyl (C=O) groups excluding carboxylic acids is 1. The van der Waals surface area contributed by atoms with Crippen molar-refractivity contribution in [1.29, 1.82) is 0 Å². The van der Waals surface area contributed by atoms with Crippen molar-refractivity contribution in [3.05, 3.63) is 54.9 Å². The number of amides is 1. The van der Waals surface area contributed by atoms with Crippen molar-refractivity contribution < 1.29 is 9.53 Å². The van der Waals surface area contributed by atoms with Crippen molar-refractivity contribution in [2.45, 2.75) is 18.2 Å². The predicted molar refractivity (Wildman–Crippen MR) is 107 cm³/mol. The number of carbonyl (C=O) groups is 1. The summed E-state index contributed by atoms with van der Waals surface area (Å²) in [6.07, 6.45) is 3.57. The number of nitrogens with zero attached hydrogens (tertiary/aromatic N) is 5. The van der Waals surface area contributed by atoms with Crippen LogP contribution in [0.5, 0.6) is 0 Å². The van der Waals surface area contributed by atoms with Gasteiger partial charge < -0.3 is 9.64 Å². The van der Waals surface area contributed by atoms with Crippen LogP contribution in [0.15, 0.2) is 60.0 Å². The molecule has 3 heterocycles. The molecule has 1 aliphatic heterocycles. The van der Waals surface area contributed by atoms with Crippen molar-refractivity contribution in [2.24, 2.45) is 0 Å².